The number of carbonyl (C=O) groups is 1. The summed E-state index contributed by atoms with van der Waals surface area (Å²) < 4.78 is 0.894. The molecule has 0 saturated carbocycles. The molecule has 1 saturated heterocycles. The molecule has 1 amide bonds. The van der Waals surface area contributed by atoms with Crippen LogP contribution in [-0.4, -0.2) is 28.5 Å². The standard InChI is InChI=1S/C16H18BrNO2/c1-3-10-7-9(2)8-11(17)13(10)14-15(19)12-5-4-6-18(12)16(14)20/h7-8,12,19H,3-6H2,1-2H3. The lowest BCUT2D eigenvalue weighted by Gasteiger charge is -2.16. The van der Waals surface area contributed by atoms with E-state index in [1.807, 2.05) is 13.0 Å². The first-order valence-corrected chi connectivity index (χ1v) is 7.87. The summed E-state index contributed by atoms with van der Waals surface area (Å²) in [6, 6.07) is 4.00. The third kappa shape index (κ3) is 1.89. The summed E-state index contributed by atoms with van der Waals surface area (Å²) in [5.41, 5.74) is 3.63. The summed E-state index contributed by atoms with van der Waals surface area (Å²) in [5.74, 6) is 0.232. The lowest BCUT2D eigenvalue weighted by atomic mass is 9.95. The van der Waals surface area contributed by atoms with Gasteiger partial charge in [0, 0.05) is 16.6 Å². The Morgan fingerprint density at radius 3 is 2.85 bits per heavy atom. The fourth-order valence-electron chi connectivity index (χ4n) is 3.32. The largest absolute Gasteiger partial charge is 0.509 e. The molecule has 0 spiro atoms. The molecule has 1 unspecified atom stereocenters. The van der Waals surface area contributed by atoms with Gasteiger partial charge in [-0.1, -0.05) is 28.9 Å². The van der Waals surface area contributed by atoms with E-state index < -0.39 is 0 Å². The molecule has 2 heterocycles. The number of hydrogen-bond donors (Lipinski definition) is 1. The maximum absolute atomic E-state index is 12.6. The van der Waals surface area contributed by atoms with Crippen molar-refractivity contribution < 1.29 is 9.90 Å². The van der Waals surface area contributed by atoms with Crippen LogP contribution in [0.4, 0.5) is 0 Å². The molecule has 0 aromatic heterocycles. The molecular formula is C16H18BrNO2. The van der Waals surface area contributed by atoms with Crippen LogP contribution in [0.1, 0.15) is 36.5 Å². The Labute approximate surface area is 127 Å². The van der Waals surface area contributed by atoms with Gasteiger partial charge in [-0.15, -0.1) is 0 Å². The molecule has 2 aliphatic rings. The Balaban J connectivity index is 2.18. The summed E-state index contributed by atoms with van der Waals surface area (Å²) in [5, 5.41) is 10.5. The van der Waals surface area contributed by atoms with E-state index in [1.54, 1.807) is 4.90 Å². The fourth-order valence-corrected chi connectivity index (χ4v) is 4.14. The zero-order valence-electron chi connectivity index (χ0n) is 11.7. The van der Waals surface area contributed by atoms with Gasteiger partial charge >= 0.3 is 0 Å². The first-order valence-electron chi connectivity index (χ1n) is 7.08. The highest BCUT2D eigenvalue weighted by molar-refractivity contribution is 9.10. The molecule has 1 aromatic carbocycles. The number of fused-ring (bicyclic) bond motifs is 1. The van der Waals surface area contributed by atoms with Gasteiger partial charge in [0.05, 0.1) is 11.6 Å². The SMILES string of the molecule is CCc1cc(C)cc(Br)c1C1=C(O)C2CCCN2C1=O. The van der Waals surface area contributed by atoms with Crippen LogP contribution in [0.15, 0.2) is 22.4 Å². The second-order valence-electron chi connectivity index (χ2n) is 5.55. The van der Waals surface area contributed by atoms with Crippen LogP contribution in [0.25, 0.3) is 5.57 Å². The van der Waals surface area contributed by atoms with E-state index in [2.05, 4.69) is 28.9 Å². The van der Waals surface area contributed by atoms with E-state index in [0.29, 0.717) is 5.57 Å². The van der Waals surface area contributed by atoms with Crippen LogP contribution in [0.5, 0.6) is 0 Å². The Morgan fingerprint density at radius 1 is 1.45 bits per heavy atom. The Hall–Kier alpha value is -1.29. The minimum atomic E-state index is -0.101. The Kier molecular flexibility index (Phi) is 3.36. The number of hydrogen-bond acceptors (Lipinski definition) is 2. The Bertz CT molecular complexity index is 621. The number of halogens is 1. The number of amides is 1. The number of carbonyl (C=O) groups excluding carboxylic acids is 1. The first kappa shape index (κ1) is 13.7. The average Bonchev–Trinajstić information content (AvgIpc) is 2.96. The fraction of sp³-hybridized carbons (Fsp3) is 0.438. The highest BCUT2D eigenvalue weighted by atomic mass is 79.9. The topological polar surface area (TPSA) is 40.5 Å². The summed E-state index contributed by atoms with van der Waals surface area (Å²) in [4.78, 5) is 14.4. The van der Waals surface area contributed by atoms with Crippen LogP contribution in [0, 0.1) is 6.92 Å². The van der Waals surface area contributed by atoms with Crippen molar-refractivity contribution in [3.8, 4) is 0 Å². The van der Waals surface area contributed by atoms with Gasteiger partial charge < -0.3 is 10.0 Å². The monoisotopic (exact) mass is 335 g/mol. The molecule has 1 aromatic rings. The van der Waals surface area contributed by atoms with Gasteiger partial charge in [-0.25, -0.2) is 0 Å². The molecule has 3 rings (SSSR count). The van der Waals surface area contributed by atoms with Crippen molar-refractivity contribution in [2.24, 2.45) is 0 Å². The second kappa shape index (κ2) is 4.92. The quantitative estimate of drug-likeness (QED) is 0.897. The first-order chi connectivity index (χ1) is 9.54. The average molecular weight is 336 g/mol. The third-order valence-corrected chi connectivity index (χ3v) is 4.87. The molecule has 4 heteroatoms. The minimum absolute atomic E-state index is 0.0238. The van der Waals surface area contributed by atoms with Crippen LogP contribution in [-0.2, 0) is 11.2 Å². The molecule has 3 nitrogen and oxygen atoms in total. The molecule has 2 aliphatic heterocycles. The zero-order chi connectivity index (χ0) is 14.4. The highest BCUT2D eigenvalue weighted by Gasteiger charge is 2.43. The number of nitrogens with zero attached hydrogens (tertiary/aromatic N) is 1. The van der Waals surface area contributed by atoms with Gasteiger partial charge in [-0.3, -0.25) is 4.79 Å². The van der Waals surface area contributed by atoms with Crippen molar-refractivity contribution in [1.29, 1.82) is 0 Å². The maximum atomic E-state index is 12.6. The molecule has 1 fully saturated rings. The van der Waals surface area contributed by atoms with Gasteiger partial charge in [0.15, 0.2) is 0 Å². The lowest BCUT2D eigenvalue weighted by molar-refractivity contribution is -0.124. The summed E-state index contributed by atoms with van der Waals surface area (Å²) in [7, 11) is 0. The molecular weight excluding hydrogens is 318 g/mol. The number of benzene rings is 1. The maximum Gasteiger partial charge on any atom is 0.258 e. The van der Waals surface area contributed by atoms with E-state index >= 15 is 0 Å². The number of aliphatic hydroxyl groups is 1. The Morgan fingerprint density at radius 2 is 2.20 bits per heavy atom. The van der Waals surface area contributed by atoms with Crippen LogP contribution in [0.2, 0.25) is 0 Å². The predicted molar refractivity (Wildman–Crippen MR) is 82.5 cm³/mol. The smallest absolute Gasteiger partial charge is 0.258 e. The lowest BCUT2D eigenvalue weighted by Crippen LogP contribution is -2.29. The van der Waals surface area contributed by atoms with Crippen LogP contribution >= 0.6 is 15.9 Å². The van der Waals surface area contributed by atoms with Gasteiger partial charge in [-0.05, 0) is 43.4 Å². The van der Waals surface area contributed by atoms with Crippen molar-refractivity contribution in [3.05, 3.63) is 39.1 Å². The molecule has 20 heavy (non-hydrogen) atoms. The second-order valence-corrected chi connectivity index (χ2v) is 6.41. The molecule has 106 valence electrons. The van der Waals surface area contributed by atoms with E-state index in [0.717, 1.165) is 47.0 Å². The summed E-state index contributed by atoms with van der Waals surface area (Å²) in [6.45, 7) is 4.86. The number of rotatable bonds is 2. The minimum Gasteiger partial charge on any atom is -0.509 e. The van der Waals surface area contributed by atoms with Crippen molar-refractivity contribution in [2.75, 3.05) is 6.54 Å². The van der Waals surface area contributed by atoms with Crippen molar-refractivity contribution >= 4 is 27.4 Å². The van der Waals surface area contributed by atoms with E-state index in [4.69, 9.17) is 0 Å². The van der Waals surface area contributed by atoms with E-state index in [-0.39, 0.29) is 17.7 Å². The van der Waals surface area contributed by atoms with Crippen molar-refractivity contribution in [1.82, 2.24) is 4.90 Å². The van der Waals surface area contributed by atoms with E-state index in [1.165, 1.54) is 0 Å². The zero-order valence-corrected chi connectivity index (χ0v) is 13.3. The normalized spacial score (nSPS) is 21.9. The highest BCUT2D eigenvalue weighted by Crippen LogP contribution is 2.41. The molecule has 1 atom stereocenters. The van der Waals surface area contributed by atoms with Gasteiger partial charge in [0.2, 0.25) is 0 Å². The van der Waals surface area contributed by atoms with Gasteiger partial charge in [0.1, 0.15) is 5.76 Å². The van der Waals surface area contributed by atoms with E-state index in [9.17, 15) is 9.90 Å². The molecule has 1 N–H and O–H groups in total. The molecule has 0 bridgehead atoms. The third-order valence-electron chi connectivity index (χ3n) is 4.25. The van der Waals surface area contributed by atoms with Crippen molar-refractivity contribution in [3.63, 3.8) is 0 Å². The predicted octanol–water partition coefficient (Wildman–Crippen LogP) is 3.59. The number of aliphatic hydroxyl groups excluding tert-OH is 1. The van der Waals surface area contributed by atoms with Crippen molar-refractivity contribution in [2.45, 2.75) is 39.2 Å². The van der Waals surface area contributed by atoms with Gasteiger partial charge in [-0.2, -0.15) is 0 Å². The molecule has 0 radical (unpaired) electrons. The van der Waals surface area contributed by atoms with Gasteiger partial charge in [0.25, 0.3) is 5.91 Å². The summed E-state index contributed by atoms with van der Waals surface area (Å²) in [6.07, 6.45) is 2.68. The number of aryl methyl sites for hydroxylation is 2. The summed E-state index contributed by atoms with van der Waals surface area (Å²) >= 11 is 3.57. The molecule has 0 aliphatic carbocycles. The van der Waals surface area contributed by atoms with Crippen LogP contribution in [0.3, 0.4) is 0 Å². The van der Waals surface area contributed by atoms with Crippen LogP contribution < -0.4 is 0 Å².